The van der Waals surface area contributed by atoms with Crippen LogP contribution in [0.15, 0.2) is 170 Å². The minimum Gasteiger partial charge on any atom is -0.368 e. The SMILES string of the molecule is O=C(CCN1C(=O)c2ccc3c4cccc5c(N6CCN(Cc7ccc(CCl)cc7)CC6)ccc(c6ccc(c2c36)C1=O)c54)NCC[P+](c1ccccc1)(c1ccccc1)c1ccccc1. The Hall–Kier alpha value is -6.63. The quantitative estimate of drug-likeness (QED) is 0.0411. The summed E-state index contributed by atoms with van der Waals surface area (Å²) in [6.45, 7) is 5.15. The van der Waals surface area contributed by atoms with Crippen molar-refractivity contribution in [1.29, 1.82) is 0 Å². The van der Waals surface area contributed by atoms with Crippen molar-refractivity contribution in [3.63, 3.8) is 0 Å². The van der Waals surface area contributed by atoms with E-state index in [1.165, 1.54) is 42.8 Å². The molecule has 9 aromatic carbocycles. The summed E-state index contributed by atoms with van der Waals surface area (Å²) in [4.78, 5) is 48.6. The van der Waals surface area contributed by atoms with E-state index >= 15 is 0 Å². The molecule has 11 rings (SSSR count). The monoisotopic (exact) mass is 903 g/mol. The number of hydrogen-bond acceptors (Lipinski definition) is 5. The van der Waals surface area contributed by atoms with Crippen LogP contribution in [0.25, 0.3) is 43.1 Å². The fraction of sp³-hybridized carbons (Fsp3) is 0.175. The normalized spacial score (nSPS) is 14.6. The van der Waals surface area contributed by atoms with Crippen LogP contribution in [0, 0.1) is 0 Å². The van der Waals surface area contributed by atoms with Crippen molar-refractivity contribution in [1.82, 2.24) is 15.1 Å². The molecular formula is C57H49ClN4O3P+. The van der Waals surface area contributed by atoms with Gasteiger partial charge in [0.05, 0.1) is 12.7 Å². The number of amides is 3. The Labute approximate surface area is 390 Å². The number of fused-ring (bicyclic) bond motifs is 2. The molecule has 326 valence electrons. The summed E-state index contributed by atoms with van der Waals surface area (Å²) in [5.74, 6) is -0.393. The smallest absolute Gasteiger partial charge is 0.261 e. The number of nitrogens with zero attached hydrogens (tertiary/aromatic N) is 3. The molecule has 0 saturated carbocycles. The van der Waals surface area contributed by atoms with E-state index in [2.05, 4.69) is 143 Å². The van der Waals surface area contributed by atoms with Crippen molar-refractivity contribution >= 4 is 101 Å². The predicted octanol–water partition coefficient (Wildman–Crippen LogP) is 9.89. The zero-order chi connectivity index (χ0) is 44.8. The van der Waals surface area contributed by atoms with Gasteiger partial charge in [0.25, 0.3) is 11.8 Å². The number of benzene rings is 9. The molecule has 2 heterocycles. The lowest BCUT2D eigenvalue weighted by Crippen LogP contribution is -2.46. The molecule has 1 fully saturated rings. The van der Waals surface area contributed by atoms with Crippen molar-refractivity contribution in [3.8, 4) is 0 Å². The van der Waals surface area contributed by atoms with Crippen molar-refractivity contribution in [2.24, 2.45) is 0 Å². The molecule has 9 heteroatoms. The number of carbonyl (C=O) groups excluding carboxylic acids is 3. The van der Waals surface area contributed by atoms with Gasteiger partial charge in [-0.1, -0.05) is 115 Å². The molecule has 3 amide bonds. The number of nitrogens with one attached hydrogen (secondary N) is 1. The second kappa shape index (κ2) is 17.6. The summed E-state index contributed by atoms with van der Waals surface area (Å²) < 4.78 is 0. The van der Waals surface area contributed by atoms with Crippen LogP contribution in [-0.4, -0.2) is 73.0 Å². The first kappa shape index (κ1) is 42.0. The zero-order valence-electron chi connectivity index (χ0n) is 36.6. The minimum atomic E-state index is -2.14. The molecule has 1 saturated heterocycles. The van der Waals surface area contributed by atoms with Gasteiger partial charge in [-0.15, -0.1) is 11.6 Å². The third kappa shape index (κ3) is 7.27. The third-order valence-corrected chi connectivity index (χ3v) is 18.7. The molecule has 0 aliphatic carbocycles. The summed E-state index contributed by atoms with van der Waals surface area (Å²) in [7, 11) is -2.14. The average Bonchev–Trinajstić information content (AvgIpc) is 3.37. The summed E-state index contributed by atoms with van der Waals surface area (Å²) in [5, 5.41) is 15.2. The molecular weight excluding hydrogens is 855 g/mol. The zero-order valence-corrected chi connectivity index (χ0v) is 38.3. The topological polar surface area (TPSA) is 73.0 Å². The lowest BCUT2D eigenvalue weighted by atomic mass is 9.84. The molecule has 1 N–H and O–H groups in total. The first-order valence-electron chi connectivity index (χ1n) is 22.9. The Morgan fingerprint density at radius 3 is 1.62 bits per heavy atom. The number of halogens is 1. The lowest BCUT2D eigenvalue weighted by molar-refractivity contribution is -0.121. The Kier molecular flexibility index (Phi) is 11.2. The van der Waals surface area contributed by atoms with Crippen molar-refractivity contribution in [2.75, 3.05) is 50.3 Å². The first-order valence-corrected chi connectivity index (χ1v) is 25.4. The van der Waals surface area contributed by atoms with Gasteiger partial charge in [0.15, 0.2) is 0 Å². The van der Waals surface area contributed by atoms with Crippen molar-refractivity contribution in [2.45, 2.75) is 18.8 Å². The van der Waals surface area contributed by atoms with Crippen molar-refractivity contribution < 1.29 is 14.4 Å². The van der Waals surface area contributed by atoms with Gasteiger partial charge >= 0.3 is 0 Å². The highest BCUT2D eigenvalue weighted by atomic mass is 35.5. The van der Waals surface area contributed by atoms with Crippen LogP contribution in [0.5, 0.6) is 0 Å². The number of anilines is 1. The maximum Gasteiger partial charge on any atom is 0.261 e. The van der Waals surface area contributed by atoms with Crippen LogP contribution in [0.3, 0.4) is 0 Å². The highest BCUT2D eigenvalue weighted by Gasteiger charge is 2.45. The Balaban J connectivity index is 0.825. The maximum absolute atomic E-state index is 14.3. The van der Waals surface area contributed by atoms with Gasteiger partial charge in [-0.25, -0.2) is 0 Å². The molecule has 9 aromatic rings. The number of rotatable bonds is 13. The van der Waals surface area contributed by atoms with E-state index in [0.29, 0.717) is 28.9 Å². The summed E-state index contributed by atoms with van der Waals surface area (Å²) >= 11 is 6.02. The minimum absolute atomic E-state index is 0.00882. The molecule has 2 aliphatic rings. The third-order valence-electron chi connectivity index (χ3n) is 13.9. The maximum atomic E-state index is 14.3. The molecule has 0 aromatic heterocycles. The second-order valence-corrected chi connectivity index (χ2v) is 21.4. The van der Waals surface area contributed by atoms with E-state index in [-0.39, 0.29) is 30.7 Å². The standard InChI is InChI=1S/C57H48ClN4O3P/c58-37-39-19-21-40(22-20-39)38-60-32-34-61(35-33-60)51-28-27-45-47-24-26-50-55-49(25-23-46(54(47)55)44-17-10-18-48(51)53(44)45)56(64)62(57(50)65)31-29-52(63)59-30-36-66(41-11-4-1-5-12-41,42-13-6-2-7-14-42)43-15-8-3-9-16-43/h1-28H,29-38H2/p+1. The van der Waals surface area contributed by atoms with Gasteiger partial charge in [-0.3, -0.25) is 24.2 Å². The van der Waals surface area contributed by atoms with Gasteiger partial charge in [0, 0.05) is 79.2 Å². The van der Waals surface area contributed by atoms with Crippen molar-refractivity contribution in [3.05, 3.63) is 192 Å². The summed E-state index contributed by atoms with van der Waals surface area (Å²) in [5.41, 5.74) is 4.66. The van der Waals surface area contributed by atoms with Gasteiger partial charge < -0.3 is 10.2 Å². The molecule has 0 bridgehead atoms. The number of carbonyl (C=O) groups is 3. The molecule has 0 unspecified atom stereocenters. The molecule has 0 radical (unpaired) electrons. The number of alkyl halides is 1. The lowest BCUT2D eigenvalue weighted by Gasteiger charge is -2.37. The van der Waals surface area contributed by atoms with Crippen LogP contribution in [0.1, 0.15) is 38.3 Å². The summed E-state index contributed by atoms with van der Waals surface area (Å²) in [6, 6.07) is 59.2. The highest BCUT2D eigenvalue weighted by molar-refractivity contribution is 7.95. The Bertz CT molecular complexity index is 3100. The van der Waals surface area contributed by atoms with Crippen LogP contribution in [0.2, 0.25) is 0 Å². The van der Waals surface area contributed by atoms with Crippen LogP contribution >= 0.6 is 18.9 Å². The molecule has 2 aliphatic heterocycles. The number of hydrogen-bond donors (Lipinski definition) is 1. The Morgan fingerprint density at radius 2 is 1.05 bits per heavy atom. The van der Waals surface area contributed by atoms with Crippen LogP contribution in [0.4, 0.5) is 5.69 Å². The summed E-state index contributed by atoms with van der Waals surface area (Å²) in [6.07, 6.45) is 0.731. The average molecular weight is 904 g/mol. The molecule has 0 atom stereocenters. The van der Waals surface area contributed by atoms with E-state index in [1.807, 2.05) is 42.5 Å². The second-order valence-electron chi connectivity index (χ2n) is 17.5. The van der Waals surface area contributed by atoms with E-state index in [9.17, 15) is 14.4 Å². The molecule has 7 nitrogen and oxygen atoms in total. The van der Waals surface area contributed by atoms with Gasteiger partial charge in [-0.05, 0) is 98.0 Å². The van der Waals surface area contributed by atoms with E-state index in [1.54, 1.807) is 0 Å². The molecule has 66 heavy (non-hydrogen) atoms. The molecule has 0 spiro atoms. The van der Waals surface area contributed by atoms with Gasteiger partial charge in [-0.2, -0.15) is 0 Å². The highest BCUT2D eigenvalue weighted by Crippen LogP contribution is 2.55. The largest absolute Gasteiger partial charge is 0.368 e. The fourth-order valence-corrected chi connectivity index (χ4v) is 15.0. The van der Waals surface area contributed by atoms with Gasteiger partial charge in [0.2, 0.25) is 5.91 Å². The van der Waals surface area contributed by atoms with Crippen LogP contribution in [-0.2, 0) is 17.2 Å². The first-order chi connectivity index (χ1) is 32.4. The van der Waals surface area contributed by atoms with E-state index in [4.69, 9.17) is 11.6 Å². The predicted molar refractivity (Wildman–Crippen MR) is 274 cm³/mol. The van der Waals surface area contributed by atoms with E-state index < -0.39 is 7.26 Å². The number of piperazine rings is 1. The Morgan fingerprint density at radius 1 is 0.530 bits per heavy atom. The van der Waals surface area contributed by atoms with E-state index in [0.717, 1.165) is 71.4 Å². The van der Waals surface area contributed by atoms with Gasteiger partial charge in [0.1, 0.15) is 23.2 Å². The van der Waals surface area contributed by atoms with Crippen LogP contribution < -0.4 is 26.1 Å². The fourth-order valence-electron chi connectivity index (χ4n) is 10.7. The number of imide groups is 1.